The van der Waals surface area contributed by atoms with Crippen LogP contribution in [0.1, 0.15) is 0 Å². The fourth-order valence-corrected chi connectivity index (χ4v) is 0. The SMILES string of the molecule is ClCl.O.O.O.O.O. The summed E-state index contributed by atoms with van der Waals surface area (Å²) in [5.41, 5.74) is 0. The summed E-state index contributed by atoms with van der Waals surface area (Å²) < 4.78 is 0. The van der Waals surface area contributed by atoms with E-state index in [1.165, 1.54) is 0 Å². The Bertz CT molecular complexity index is 6.04. The first kappa shape index (κ1) is 158. The van der Waals surface area contributed by atoms with Crippen molar-refractivity contribution < 1.29 is 27.4 Å². The van der Waals surface area contributed by atoms with Crippen LogP contribution in [0, 0.1) is 0 Å². The molecule has 7 heteroatoms. The first-order chi connectivity index (χ1) is 1.00. The number of halogens is 2. The molecule has 10 N–H and O–H groups in total. The second kappa shape index (κ2) is 1280. The van der Waals surface area contributed by atoms with Gasteiger partial charge in [-0.3, -0.25) is 0 Å². The zero-order valence-electron chi connectivity index (χ0n) is 3.26. The van der Waals surface area contributed by atoms with E-state index < -0.39 is 0 Å². The molecule has 54 valence electrons. The largest absolute Gasteiger partial charge is 0.412 e. The van der Waals surface area contributed by atoms with E-state index >= 15 is 0 Å². The molecular formula is H10Cl2O5. The number of rotatable bonds is 0. The molecule has 0 aromatic heterocycles. The minimum Gasteiger partial charge on any atom is -0.412 e. The van der Waals surface area contributed by atoms with Crippen LogP contribution in [-0.4, -0.2) is 27.4 Å². The Hall–Kier alpha value is 0.380. The van der Waals surface area contributed by atoms with Gasteiger partial charge in [0.05, 0.1) is 0 Å². The van der Waals surface area contributed by atoms with Gasteiger partial charge in [0.2, 0.25) is 0 Å². The van der Waals surface area contributed by atoms with Crippen LogP contribution in [0.25, 0.3) is 0 Å². The normalized spacial score (nSPS) is 0.857. The molecule has 0 aliphatic carbocycles. The molecule has 0 saturated carbocycles. The van der Waals surface area contributed by atoms with E-state index in [1.807, 2.05) is 0 Å². The first-order valence-corrected chi connectivity index (χ1v) is 1.29. The van der Waals surface area contributed by atoms with Gasteiger partial charge in [-0.05, 0) is 0 Å². The van der Waals surface area contributed by atoms with E-state index in [0.717, 1.165) is 0 Å². The maximum absolute atomic E-state index is 4.11. The molecule has 0 aromatic carbocycles. The Kier molecular flexibility index (Phi) is 28800. The fourth-order valence-electron chi connectivity index (χ4n) is 0. The summed E-state index contributed by atoms with van der Waals surface area (Å²) in [6.45, 7) is 0. The molecule has 0 aromatic rings. The molecule has 7 heavy (non-hydrogen) atoms. The van der Waals surface area contributed by atoms with Crippen molar-refractivity contribution in [2.45, 2.75) is 0 Å². The third kappa shape index (κ3) is 848. The van der Waals surface area contributed by atoms with E-state index in [2.05, 4.69) is 21.7 Å². The summed E-state index contributed by atoms with van der Waals surface area (Å²) >= 11 is 0. The Balaban J connectivity index is -0.000000000500. The number of hydrogen-bond donors (Lipinski definition) is 0. The maximum Gasteiger partial charge on any atom is 0 e. The smallest absolute Gasteiger partial charge is 0 e. The highest BCUT2D eigenvalue weighted by atomic mass is 36.5. The second-order valence-corrected chi connectivity index (χ2v) is 0. The van der Waals surface area contributed by atoms with Crippen molar-refractivity contribution >= 4 is 21.7 Å². The second-order valence-electron chi connectivity index (χ2n) is 0. The lowest BCUT2D eigenvalue weighted by Gasteiger charge is -1.00. The van der Waals surface area contributed by atoms with E-state index in [9.17, 15) is 0 Å². The van der Waals surface area contributed by atoms with Crippen LogP contribution >= 0.6 is 21.7 Å². The van der Waals surface area contributed by atoms with Crippen molar-refractivity contribution in [3.63, 3.8) is 0 Å². The molecule has 5 nitrogen and oxygen atoms in total. The molecule has 0 aliphatic rings. The Morgan fingerprint density at radius 1 is 0.429 bits per heavy atom. The van der Waals surface area contributed by atoms with E-state index in [1.54, 1.807) is 0 Å². The van der Waals surface area contributed by atoms with Crippen molar-refractivity contribution in [3.8, 4) is 0 Å². The van der Waals surface area contributed by atoms with Crippen LogP contribution < -0.4 is 0 Å². The van der Waals surface area contributed by atoms with Gasteiger partial charge in [-0.25, -0.2) is 0 Å². The van der Waals surface area contributed by atoms with Crippen molar-refractivity contribution in [2.24, 2.45) is 0 Å². The topological polar surface area (TPSA) is 158 Å². The molecule has 0 heterocycles. The van der Waals surface area contributed by atoms with Crippen LogP contribution in [0.3, 0.4) is 0 Å². The van der Waals surface area contributed by atoms with Gasteiger partial charge in [0.25, 0.3) is 0 Å². The predicted octanol–water partition coefficient (Wildman–Crippen LogP) is -2.74. The molecular weight excluding hydrogens is 151 g/mol. The van der Waals surface area contributed by atoms with Crippen LogP contribution in [0.15, 0.2) is 0 Å². The van der Waals surface area contributed by atoms with E-state index in [4.69, 9.17) is 0 Å². The predicted molar refractivity (Wildman–Crippen MR) is 29.8 cm³/mol. The summed E-state index contributed by atoms with van der Waals surface area (Å²) in [7, 11) is 8.22. The maximum atomic E-state index is 4.11. The standard InChI is InChI=1S/Cl2.5H2O/c1-2;;;;;/h;5*1H2. The lowest BCUT2D eigenvalue weighted by Crippen LogP contribution is -0.311. The third-order valence-corrected chi connectivity index (χ3v) is 0. The highest BCUT2D eigenvalue weighted by Crippen LogP contribution is 1.69. The quantitative estimate of drug-likeness (QED) is 0.360. The zero-order valence-corrected chi connectivity index (χ0v) is 4.77. The van der Waals surface area contributed by atoms with Crippen LogP contribution in [0.4, 0.5) is 0 Å². The molecule has 0 atom stereocenters. The van der Waals surface area contributed by atoms with Gasteiger partial charge in [0.1, 0.15) is 0 Å². The van der Waals surface area contributed by atoms with Gasteiger partial charge < -0.3 is 27.4 Å². The summed E-state index contributed by atoms with van der Waals surface area (Å²) in [4.78, 5) is 0. The van der Waals surface area contributed by atoms with Gasteiger partial charge in [-0.1, -0.05) is 0 Å². The van der Waals surface area contributed by atoms with E-state index in [-0.39, 0.29) is 27.4 Å². The highest BCUT2D eigenvalue weighted by molar-refractivity contribution is 6.85. The Labute approximate surface area is 50.0 Å². The molecule has 0 radical (unpaired) electrons. The first-order valence-electron chi connectivity index (χ1n) is 0.143. The van der Waals surface area contributed by atoms with Gasteiger partial charge in [-0.15, -0.1) is 0 Å². The average Bonchev–Trinajstić information content (AvgIpc) is 1.00. The van der Waals surface area contributed by atoms with Gasteiger partial charge in [-0.2, -0.15) is 0 Å². The molecule has 0 bridgehead atoms. The van der Waals surface area contributed by atoms with E-state index in [0.29, 0.717) is 0 Å². The van der Waals surface area contributed by atoms with Crippen molar-refractivity contribution in [3.05, 3.63) is 0 Å². The van der Waals surface area contributed by atoms with Crippen molar-refractivity contribution in [2.75, 3.05) is 0 Å². The highest BCUT2D eigenvalue weighted by Gasteiger charge is 1.00. The average molecular weight is 161 g/mol. The molecule has 0 unspecified atom stereocenters. The minimum atomic E-state index is 0. The monoisotopic (exact) mass is 160 g/mol. The van der Waals surface area contributed by atoms with Gasteiger partial charge in [0.15, 0.2) is 0 Å². The fraction of sp³-hybridized carbons (Fsp3) is 0. The molecule has 0 saturated heterocycles. The molecule has 0 spiro atoms. The van der Waals surface area contributed by atoms with Gasteiger partial charge >= 0.3 is 0 Å². The summed E-state index contributed by atoms with van der Waals surface area (Å²) in [6, 6.07) is 0. The molecule has 0 aliphatic heterocycles. The lowest BCUT2D eigenvalue weighted by atomic mass is 16.0. The molecule has 0 rings (SSSR count). The number of hydrogen-bond acceptors (Lipinski definition) is 0. The summed E-state index contributed by atoms with van der Waals surface area (Å²) in [5, 5.41) is 0. The summed E-state index contributed by atoms with van der Waals surface area (Å²) in [5.74, 6) is 0. The Morgan fingerprint density at radius 3 is 0.429 bits per heavy atom. The molecule has 0 fully saturated rings. The summed E-state index contributed by atoms with van der Waals surface area (Å²) in [6.07, 6.45) is 0. The van der Waals surface area contributed by atoms with Crippen LogP contribution in [0.2, 0.25) is 0 Å². The van der Waals surface area contributed by atoms with Crippen LogP contribution in [-0.2, 0) is 0 Å². The van der Waals surface area contributed by atoms with Crippen molar-refractivity contribution in [1.82, 2.24) is 0 Å². The van der Waals surface area contributed by atoms with Crippen molar-refractivity contribution in [1.29, 1.82) is 0 Å². The Morgan fingerprint density at radius 2 is 0.429 bits per heavy atom. The zero-order chi connectivity index (χ0) is 2.00. The van der Waals surface area contributed by atoms with Crippen LogP contribution in [0.5, 0.6) is 0 Å². The lowest BCUT2D eigenvalue weighted by molar-refractivity contribution is 0.823. The minimum absolute atomic E-state index is 0. The molecule has 0 amide bonds. The third-order valence-electron chi connectivity index (χ3n) is 0. The van der Waals surface area contributed by atoms with Gasteiger partial charge in [0, 0.05) is 21.7 Å².